The Morgan fingerprint density at radius 2 is 1.45 bits per heavy atom. The molecule has 0 aliphatic heterocycles. The topological polar surface area (TPSA) is 74.6 Å². The Morgan fingerprint density at radius 3 is 1.95 bits per heavy atom. The van der Waals surface area contributed by atoms with Crippen LogP contribution in [0.4, 0.5) is 0 Å². The van der Waals surface area contributed by atoms with E-state index < -0.39 is 24.3 Å². The standard InChI is InChI=1S/C18H16O4/c19-17(20)12-16(18(21)22)15(14-9-5-2-6-10-14)11-13-7-3-1-4-8-13/h1-11,16H,12H2,(H,19,20)(H,21,22)/b15-11-/t16-/m0/s1. The van der Waals surface area contributed by atoms with Crippen molar-refractivity contribution in [3.05, 3.63) is 71.8 Å². The van der Waals surface area contributed by atoms with Crippen LogP contribution in [0.3, 0.4) is 0 Å². The van der Waals surface area contributed by atoms with Crippen LogP contribution < -0.4 is 0 Å². The third kappa shape index (κ3) is 4.06. The average Bonchev–Trinajstić information content (AvgIpc) is 2.52. The highest BCUT2D eigenvalue weighted by Gasteiger charge is 2.26. The second-order valence-corrected chi connectivity index (χ2v) is 4.87. The second-order valence-electron chi connectivity index (χ2n) is 4.87. The van der Waals surface area contributed by atoms with E-state index in [-0.39, 0.29) is 0 Å². The van der Waals surface area contributed by atoms with E-state index in [1.54, 1.807) is 30.3 Å². The summed E-state index contributed by atoms with van der Waals surface area (Å²) >= 11 is 0. The summed E-state index contributed by atoms with van der Waals surface area (Å²) in [6, 6.07) is 18.3. The first-order valence-corrected chi connectivity index (χ1v) is 6.84. The van der Waals surface area contributed by atoms with E-state index in [2.05, 4.69) is 0 Å². The van der Waals surface area contributed by atoms with Gasteiger partial charge in [-0.15, -0.1) is 0 Å². The van der Waals surface area contributed by atoms with Crippen LogP contribution in [-0.2, 0) is 9.59 Å². The summed E-state index contributed by atoms with van der Waals surface area (Å²) in [7, 11) is 0. The van der Waals surface area contributed by atoms with Crippen molar-refractivity contribution in [1.29, 1.82) is 0 Å². The van der Waals surface area contributed by atoms with Gasteiger partial charge in [0.2, 0.25) is 0 Å². The van der Waals surface area contributed by atoms with Crippen molar-refractivity contribution in [2.75, 3.05) is 0 Å². The summed E-state index contributed by atoms with van der Waals surface area (Å²) in [6.45, 7) is 0. The number of rotatable bonds is 6. The third-order valence-corrected chi connectivity index (χ3v) is 3.28. The van der Waals surface area contributed by atoms with Gasteiger partial charge < -0.3 is 10.2 Å². The van der Waals surface area contributed by atoms with Gasteiger partial charge in [-0.3, -0.25) is 9.59 Å². The molecular formula is C18H16O4. The second kappa shape index (κ2) is 7.22. The molecule has 0 fully saturated rings. The lowest BCUT2D eigenvalue weighted by atomic mass is 9.88. The smallest absolute Gasteiger partial charge is 0.311 e. The molecule has 0 bridgehead atoms. The zero-order valence-electron chi connectivity index (χ0n) is 11.8. The quantitative estimate of drug-likeness (QED) is 0.801. The maximum atomic E-state index is 11.5. The van der Waals surface area contributed by atoms with Crippen molar-refractivity contribution in [3.8, 4) is 0 Å². The van der Waals surface area contributed by atoms with E-state index in [9.17, 15) is 14.7 Å². The number of carboxylic acid groups (broad SMARTS) is 2. The molecule has 0 unspecified atom stereocenters. The summed E-state index contributed by atoms with van der Waals surface area (Å²) in [4.78, 5) is 22.5. The number of hydrogen-bond acceptors (Lipinski definition) is 2. The molecule has 0 aromatic heterocycles. The van der Waals surface area contributed by atoms with Gasteiger partial charge in [0.15, 0.2) is 0 Å². The molecule has 4 heteroatoms. The Balaban J connectivity index is 2.52. The van der Waals surface area contributed by atoms with Gasteiger partial charge >= 0.3 is 11.9 Å². The number of benzene rings is 2. The minimum Gasteiger partial charge on any atom is -0.481 e. The fraction of sp³-hybridized carbons (Fsp3) is 0.111. The molecule has 1 atom stereocenters. The minimum absolute atomic E-state index is 0.455. The molecule has 2 N–H and O–H groups in total. The molecule has 2 aromatic carbocycles. The first-order chi connectivity index (χ1) is 10.6. The van der Waals surface area contributed by atoms with E-state index >= 15 is 0 Å². The van der Waals surface area contributed by atoms with Crippen molar-refractivity contribution in [1.82, 2.24) is 0 Å². The van der Waals surface area contributed by atoms with Crippen LogP contribution in [0.25, 0.3) is 11.6 Å². The average molecular weight is 296 g/mol. The van der Waals surface area contributed by atoms with Crippen molar-refractivity contribution in [3.63, 3.8) is 0 Å². The predicted octanol–water partition coefficient (Wildman–Crippen LogP) is 3.40. The third-order valence-electron chi connectivity index (χ3n) is 3.28. The van der Waals surface area contributed by atoms with Crippen molar-refractivity contribution in [2.45, 2.75) is 6.42 Å². The number of carboxylic acids is 2. The van der Waals surface area contributed by atoms with Crippen LogP contribution in [0.5, 0.6) is 0 Å². The zero-order chi connectivity index (χ0) is 15.9. The first kappa shape index (κ1) is 15.5. The predicted molar refractivity (Wildman–Crippen MR) is 84.1 cm³/mol. The summed E-state index contributed by atoms with van der Waals surface area (Å²) in [5.74, 6) is -3.38. The van der Waals surface area contributed by atoms with E-state index in [0.717, 1.165) is 5.56 Å². The fourth-order valence-electron chi connectivity index (χ4n) is 2.25. The maximum Gasteiger partial charge on any atom is 0.311 e. The zero-order valence-corrected chi connectivity index (χ0v) is 11.8. The summed E-state index contributed by atoms with van der Waals surface area (Å²) < 4.78 is 0. The maximum absolute atomic E-state index is 11.5. The molecule has 0 heterocycles. The number of hydrogen-bond donors (Lipinski definition) is 2. The van der Waals surface area contributed by atoms with Gasteiger partial charge in [-0.05, 0) is 16.7 Å². The highest BCUT2D eigenvalue weighted by Crippen LogP contribution is 2.29. The van der Waals surface area contributed by atoms with E-state index in [1.807, 2.05) is 36.4 Å². The van der Waals surface area contributed by atoms with E-state index in [4.69, 9.17) is 5.11 Å². The van der Waals surface area contributed by atoms with Crippen molar-refractivity contribution >= 4 is 23.6 Å². The number of aliphatic carboxylic acids is 2. The van der Waals surface area contributed by atoms with Crippen molar-refractivity contribution < 1.29 is 19.8 Å². The summed E-state index contributed by atoms with van der Waals surface area (Å²) in [5.41, 5.74) is 2.03. The van der Waals surface area contributed by atoms with Gasteiger partial charge in [0, 0.05) is 0 Å². The van der Waals surface area contributed by atoms with Crippen LogP contribution in [0.1, 0.15) is 17.5 Å². The molecule has 0 radical (unpaired) electrons. The normalized spacial score (nSPS) is 12.6. The molecule has 0 amide bonds. The molecular weight excluding hydrogens is 280 g/mol. The van der Waals surface area contributed by atoms with Crippen LogP contribution in [0.2, 0.25) is 0 Å². The van der Waals surface area contributed by atoms with Gasteiger partial charge in [-0.2, -0.15) is 0 Å². The Bertz CT molecular complexity index is 675. The molecule has 2 aromatic rings. The Hall–Kier alpha value is -2.88. The monoisotopic (exact) mass is 296 g/mol. The summed E-state index contributed by atoms with van der Waals surface area (Å²) in [6.07, 6.45) is 1.28. The molecule has 112 valence electrons. The van der Waals surface area contributed by atoms with Gasteiger partial charge in [-0.25, -0.2) is 0 Å². The Kier molecular flexibility index (Phi) is 5.09. The highest BCUT2D eigenvalue weighted by atomic mass is 16.4. The Labute approximate surface area is 128 Å². The van der Waals surface area contributed by atoms with Crippen LogP contribution in [-0.4, -0.2) is 22.2 Å². The molecule has 4 nitrogen and oxygen atoms in total. The fourth-order valence-corrected chi connectivity index (χ4v) is 2.25. The number of carbonyl (C=O) groups is 2. The van der Waals surface area contributed by atoms with Gasteiger partial charge in [-0.1, -0.05) is 66.7 Å². The lowest BCUT2D eigenvalue weighted by Crippen LogP contribution is -2.19. The molecule has 0 saturated carbocycles. The van der Waals surface area contributed by atoms with Gasteiger partial charge in [0.25, 0.3) is 0 Å². The molecule has 2 rings (SSSR count). The largest absolute Gasteiger partial charge is 0.481 e. The van der Waals surface area contributed by atoms with Gasteiger partial charge in [0.05, 0.1) is 12.3 Å². The van der Waals surface area contributed by atoms with Crippen molar-refractivity contribution in [2.24, 2.45) is 5.92 Å². The summed E-state index contributed by atoms with van der Waals surface area (Å²) in [5, 5.41) is 18.4. The molecule has 0 saturated heterocycles. The van der Waals surface area contributed by atoms with Crippen LogP contribution >= 0.6 is 0 Å². The first-order valence-electron chi connectivity index (χ1n) is 6.84. The molecule has 0 aliphatic rings. The SMILES string of the molecule is O=C(O)C[C@H](C(=O)O)/C(=C\c1ccccc1)c1ccccc1. The van der Waals surface area contributed by atoms with E-state index in [1.165, 1.54) is 0 Å². The highest BCUT2D eigenvalue weighted by molar-refractivity contribution is 5.96. The lowest BCUT2D eigenvalue weighted by molar-refractivity contribution is -0.146. The van der Waals surface area contributed by atoms with Gasteiger partial charge in [0.1, 0.15) is 0 Å². The minimum atomic E-state index is -1.14. The van der Waals surface area contributed by atoms with E-state index in [0.29, 0.717) is 11.1 Å². The molecule has 0 aliphatic carbocycles. The van der Waals surface area contributed by atoms with Crippen LogP contribution in [0, 0.1) is 5.92 Å². The molecule has 22 heavy (non-hydrogen) atoms. The Morgan fingerprint density at radius 1 is 0.909 bits per heavy atom. The molecule has 0 spiro atoms. The lowest BCUT2D eigenvalue weighted by Gasteiger charge is -2.15. The van der Waals surface area contributed by atoms with Crippen LogP contribution in [0.15, 0.2) is 60.7 Å².